The van der Waals surface area contributed by atoms with Crippen LogP contribution in [0.1, 0.15) is 28.0 Å². The van der Waals surface area contributed by atoms with Gasteiger partial charge in [-0.25, -0.2) is 0 Å². The predicted octanol–water partition coefficient (Wildman–Crippen LogP) is 1.47. The Kier molecular flexibility index (Phi) is 2.90. The van der Waals surface area contributed by atoms with Gasteiger partial charge in [-0.1, -0.05) is 0 Å². The van der Waals surface area contributed by atoms with E-state index in [9.17, 15) is 9.59 Å². The summed E-state index contributed by atoms with van der Waals surface area (Å²) in [4.78, 5) is 25.4. The highest BCUT2D eigenvalue weighted by Gasteiger charge is 2.10. The van der Waals surface area contributed by atoms with E-state index in [0.717, 1.165) is 11.1 Å². The van der Waals surface area contributed by atoms with Crippen molar-refractivity contribution in [2.45, 2.75) is 20.3 Å². The lowest BCUT2D eigenvalue weighted by molar-refractivity contribution is -0.107. The second-order valence-corrected chi connectivity index (χ2v) is 2.90. The smallest absolute Gasteiger partial charge is 0.188 e. The summed E-state index contributed by atoms with van der Waals surface area (Å²) in [6.07, 6.45) is 2.10. The number of carbonyl (C=O) groups is 2. The first kappa shape index (κ1) is 9.58. The van der Waals surface area contributed by atoms with Crippen molar-refractivity contribution in [3.8, 4) is 0 Å². The van der Waals surface area contributed by atoms with Crippen LogP contribution in [0, 0.1) is 13.8 Å². The first-order valence-corrected chi connectivity index (χ1v) is 4.06. The molecule has 1 aromatic rings. The van der Waals surface area contributed by atoms with Gasteiger partial charge in [0.1, 0.15) is 12.0 Å². The van der Waals surface area contributed by atoms with Gasteiger partial charge < -0.3 is 4.79 Å². The molecule has 3 nitrogen and oxygen atoms in total. The van der Waals surface area contributed by atoms with E-state index in [1.165, 1.54) is 0 Å². The highest BCUT2D eigenvalue weighted by atomic mass is 16.1. The maximum absolute atomic E-state index is 11.3. The van der Waals surface area contributed by atoms with E-state index in [1.807, 2.05) is 19.9 Å². The summed E-state index contributed by atoms with van der Waals surface area (Å²) < 4.78 is 0. The van der Waals surface area contributed by atoms with Gasteiger partial charge in [-0.3, -0.25) is 9.78 Å². The molecule has 0 saturated heterocycles. The van der Waals surface area contributed by atoms with Crippen LogP contribution in [0.2, 0.25) is 0 Å². The second kappa shape index (κ2) is 3.94. The summed E-state index contributed by atoms with van der Waals surface area (Å²) in [5.74, 6) is -0.212. The number of aryl methyl sites for hydroxylation is 1. The molecular weight excluding hydrogens is 166 g/mol. The minimum atomic E-state index is -0.212. The molecule has 0 spiro atoms. The van der Waals surface area contributed by atoms with Crippen molar-refractivity contribution in [2.75, 3.05) is 0 Å². The van der Waals surface area contributed by atoms with Gasteiger partial charge in [0.05, 0.1) is 6.42 Å². The van der Waals surface area contributed by atoms with Crippen molar-refractivity contribution in [1.29, 1.82) is 0 Å². The average molecular weight is 177 g/mol. The number of nitrogens with zero attached hydrogens (tertiary/aromatic N) is 1. The highest BCUT2D eigenvalue weighted by Crippen LogP contribution is 2.10. The normalized spacial score (nSPS) is 9.69. The molecule has 0 aliphatic carbocycles. The zero-order valence-corrected chi connectivity index (χ0v) is 7.70. The summed E-state index contributed by atoms with van der Waals surface area (Å²) in [5, 5.41) is 0. The van der Waals surface area contributed by atoms with Gasteiger partial charge in [0.2, 0.25) is 0 Å². The summed E-state index contributed by atoms with van der Waals surface area (Å²) in [6, 6.07) is 1.84. The lowest BCUT2D eigenvalue weighted by Gasteiger charge is -2.03. The Morgan fingerprint density at radius 3 is 2.85 bits per heavy atom. The zero-order chi connectivity index (χ0) is 9.84. The summed E-state index contributed by atoms with van der Waals surface area (Å²) in [7, 11) is 0. The number of aldehydes is 1. The minimum Gasteiger partial charge on any atom is -0.303 e. The van der Waals surface area contributed by atoms with Crippen molar-refractivity contribution >= 4 is 12.1 Å². The SMILES string of the molecule is Cc1ccnc(C(=O)CC=O)c1C. The Morgan fingerprint density at radius 2 is 2.23 bits per heavy atom. The number of rotatable bonds is 3. The molecular formula is C10H11NO2. The van der Waals surface area contributed by atoms with Crippen LogP contribution in [-0.4, -0.2) is 17.1 Å². The molecule has 13 heavy (non-hydrogen) atoms. The number of ketones is 1. The molecule has 0 unspecified atom stereocenters. The van der Waals surface area contributed by atoms with E-state index >= 15 is 0 Å². The molecule has 0 aliphatic rings. The number of hydrogen-bond acceptors (Lipinski definition) is 3. The molecule has 0 fully saturated rings. The second-order valence-electron chi connectivity index (χ2n) is 2.90. The van der Waals surface area contributed by atoms with Crippen LogP contribution in [0.25, 0.3) is 0 Å². The van der Waals surface area contributed by atoms with Crippen LogP contribution in [0.3, 0.4) is 0 Å². The van der Waals surface area contributed by atoms with E-state index in [0.29, 0.717) is 12.0 Å². The molecule has 0 bridgehead atoms. The summed E-state index contributed by atoms with van der Waals surface area (Å²) in [5.41, 5.74) is 2.28. The first-order chi connectivity index (χ1) is 6.16. The number of Topliss-reactive ketones (excluding diaryl/α,β-unsaturated/α-hetero) is 1. The van der Waals surface area contributed by atoms with E-state index in [-0.39, 0.29) is 12.2 Å². The first-order valence-electron chi connectivity index (χ1n) is 4.06. The Labute approximate surface area is 76.8 Å². The lowest BCUT2D eigenvalue weighted by atomic mass is 10.1. The molecule has 0 radical (unpaired) electrons. The molecule has 68 valence electrons. The maximum atomic E-state index is 11.3. The zero-order valence-electron chi connectivity index (χ0n) is 7.70. The molecule has 1 aromatic heterocycles. The van der Waals surface area contributed by atoms with Gasteiger partial charge in [0, 0.05) is 6.20 Å². The number of aromatic nitrogens is 1. The molecule has 0 saturated carbocycles. The summed E-state index contributed by atoms with van der Waals surface area (Å²) >= 11 is 0. The fourth-order valence-electron chi connectivity index (χ4n) is 1.09. The van der Waals surface area contributed by atoms with E-state index in [2.05, 4.69) is 4.98 Å². The third kappa shape index (κ3) is 1.99. The van der Waals surface area contributed by atoms with Crippen LogP contribution in [0.4, 0.5) is 0 Å². The third-order valence-corrected chi connectivity index (χ3v) is 2.01. The molecule has 3 heteroatoms. The largest absolute Gasteiger partial charge is 0.303 e. The number of hydrogen-bond donors (Lipinski definition) is 0. The lowest BCUT2D eigenvalue weighted by Crippen LogP contribution is -2.06. The monoisotopic (exact) mass is 177 g/mol. The van der Waals surface area contributed by atoms with Crippen LogP contribution >= 0.6 is 0 Å². The van der Waals surface area contributed by atoms with E-state index < -0.39 is 0 Å². The van der Waals surface area contributed by atoms with Gasteiger partial charge in [-0.05, 0) is 31.0 Å². The molecule has 0 N–H and O–H groups in total. The quantitative estimate of drug-likeness (QED) is 0.399. The van der Waals surface area contributed by atoms with Crippen molar-refractivity contribution in [1.82, 2.24) is 4.98 Å². The molecule has 1 rings (SSSR count). The Bertz CT molecular complexity index is 345. The molecule has 0 atom stereocenters. The van der Waals surface area contributed by atoms with Crippen molar-refractivity contribution < 1.29 is 9.59 Å². The van der Waals surface area contributed by atoms with Crippen LogP contribution in [0.5, 0.6) is 0 Å². The average Bonchev–Trinajstić information content (AvgIpc) is 2.10. The van der Waals surface area contributed by atoms with Crippen LogP contribution in [0.15, 0.2) is 12.3 Å². The van der Waals surface area contributed by atoms with Gasteiger partial charge >= 0.3 is 0 Å². The van der Waals surface area contributed by atoms with Gasteiger partial charge in [-0.2, -0.15) is 0 Å². The number of pyridine rings is 1. The standard InChI is InChI=1S/C10H11NO2/c1-7-3-5-11-10(8(7)2)9(13)4-6-12/h3,5-6H,4H2,1-2H3. The number of carbonyl (C=O) groups excluding carboxylic acids is 2. The fourth-order valence-corrected chi connectivity index (χ4v) is 1.09. The van der Waals surface area contributed by atoms with E-state index in [4.69, 9.17) is 0 Å². The van der Waals surface area contributed by atoms with E-state index in [1.54, 1.807) is 6.20 Å². The summed E-state index contributed by atoms with van der Waals surface area (Å²) in [6.45, 7) is 3.75. The Balaban J connectivity index is 3.07. The minimum absolute atomic E-state index is 0.0860. The third-order valence-electron chi connectivity index (χ3n) is 2.01. The topological polar surface area (TPSA) is 47.0 Å². The van der Waals surface area contributed by atoms with Crippen molar-refractivity contribution in [3.05, 3.63) is 29.1 Å². The van der Waals surface area contributed by atoms with Crippen molar-refractivity contribution in [3.63, 3.8) is 0 Å². The van der Waals surface area contributed by atoms with Gasteiger partial charge in [-0.15, -0.1) is 0 Å². The van der Waals surface area contributed by atoms with Gasteiger partial charge in [0.25, 0.3) is 0 Å². The Morgan fingerprint density at radius 1 is 1.54 bits per heavy atom. The molecule has 1 heterocycles. The van der Waals surface area contributed by atoms with Crippen LogP contribution < -0.4 is 0 Å². The highest BCUT2D eigenvalue weighted by molar-refractivity contribution is 6.02. The molecule has 0 amide bonds. The Hall–Kier alpha value is -1.51. The predicted molar refractivity (Wildman–Crippen MR) is 48.7 cm³/mol. The van der Waals surface area contributed by atoms with Gasteiger partial charge in [0.15, 0.2) is 5.78 Å². The molecule has 0 aromatic carbocycles. The molecule has 0 aliphatic heterocycles. The van der Waals surface area contributed by atoms with Crippen LogP contribution in [-0.2, 0) is 4.79 Å². The maximum Gasteiger partial charge on any atom is 0.188 e. The fraction of sp³-hybridized carbons (Fsp3) is 0.300. The van der Waals surface area contributed by atoms with Crippen molar-refractivity contribution in [2.24, 2.45) is 0 Å².